The van der Waals surface area contributed by atoms with E-state index in [4.69, 9.17) is 14.7 Å². The highest BCUT2D eigenvalue weighted by atomic mass is 16.5. The molecule has 0 unspecified atom stereocenters. The molecule has 1 aliphatic heterocycles. The lowest BCUT2D eigenvalue weighted by molar-refractivity contribution is 0.0459. The zero-order valence-corrected chi connectivity index (χ0v) is 13.8. The lowest BCUT2D eigenvalue weighted by atomic mass is 10.2. The zero-order valence-electron chi connectivity index (χ0n) is 13.8. The molecule has 128 valence electrons. The number of anilines is 1. The van der Waals surface area contributed by atoms with E-state index in [0.717, 1.165) is 5.75 Å². The van der Waals surface area contributed by atoms with Crippen LogP contribution in [0.4, 0.5) is 10.5 Å². The van der Waals surface area contributed by atoms with Crippen molar-refractivity contribution >= 4 is 11.7 Å². The Hall–Kier alpha value is -3.27. The van der Waals surface area contributed by atoms with Crippen LogP contribution in [-0.4, -0.2) is 41.7 Å². The predicted octanol–water partition coefficient (Wildman–Crippen LogP) is 2.65. The van der Waals surface area contributed by atoms with E-state index < -0.39 is 0 Å². The van der Waals surface area contributed by atoms with E-state index >= 15 is 0 Å². The van der Waals surface area contributed by atoms with Crippen molar-refractivity contribution in [2.45, 2.75) is 13.0 Å². The smallest absolute Gasteiger partial charge is 0.322 e. The van der Waals surface area contributed by atoms with Gasteiger partial charge in [-0.2, -0.15) is 5.26 Å². The molecule has 0 aliphatic carbocycles. The van der Waals surface area contributed by atoms with Gasteiger partial charge in [0.1, 0.15) is 23.5 Å². The molecule has 0 radical (unpaired) electrons. The summed E-state index contributed by atoms with van der Waals surface area (Å²) in [6.45, 7) is 3.42. The molecular weight excluding hydrogens is 320 g/mol. The number of carbonyl (C=O) groups is 1. The highest BCUT2D eigenvalue weighted by Gasteiger charge is 2.33. The molecule has 0 bridgehead atoms. The fraction of sp³-hybridized carbons (Fsp3) is 0.278. The number of nitriles is 1. The van der Waals surface area contributed by atoms with Crippen molar-refractivity contribution in [3.63, 3.8) is 0 Å². The average Bonchev–Trinajstić information content (AvgIpc) is 2.60. The summed E-state index contributed by atoms with van der Waals surface area (Å²) in [7, 11) is 0. The van der Waals surface area contributed by atoms with Gasteiger partial charge >= 0.3 is 6.03 Å². The molecule has 2 amide bonds. The Kier molecular flexibility index (Phi) is 5.00. The van der Waals surface area contributed by atoms with Crippen LogP contribution >= 0.6 is 0 Å². The molecule has 2 aromatic rings. The highest BCUT2D eigenvalue weighted by Crippen LogP contribution is 2.21. The Morgan fingerprint density at radius 3 is 2.80 bits per heavy atom. The Morgan fingerprint density at radius 1 is 1.36 bits per heavy atom. The van der Waals surface area contributed by atoms with E-state index in [1.165, 1.54) is 0 Å². The molecule has 3 rings (SSSR count). The second-order valence-corrected chi connectivity index (χ2v) is 5.50. The SMILES string of the molecule is CCOc1ccc(NC(=O)N2CC(Oc3ncccc3C#N)C2)cc1. The van der Waals surface area contributed by atoms with Crippen LogP contribution in [0.2, 0.25) is 0 Å². The summed E-state index contributed by atoms with van der Waals surface area (Å²) >= 11 is 0. The standard InChI is InChI=1S/C18H18N4O3/c1-2-24-15-7-5-14(6-8-15)21-18(23)22-11-16(12-22)25-17-13(10-19)4-3-9-20-17/h3-9,16H,2,11-12H2,1H3,(H,21,23). The molecule has 1 aromatic carbocycles. The van der Waals surface area contributed by atoms with Gasteiger partial charge in [0, 0.05) is 11.9 Å². The van der Waals surface area contributed by atoms with Crippen molar-refractivity contribution in [3.8, 4) is 17.7 Å². The minimum Gasteiger partial charge on any atom is -0.494 e. The second kappa shape index (κ2) is 7.53. The van der Waals surface area contributed by atoms with E-state index in [1.807, 2.05) is 25.1 Å². The first-order valence-electron chi connectivity index (χ1n) is 8.00. The van der Waals surface area contributed by atoms with Crippen LogP contribution in [0.5, 0.6) is 11.6 Å². The van der Waals surface area contributed by atoms with Crippen molar-refractivity contribution in [3.05, 3.63) is 48.2 Å². The third kappa shape index (κ3) is 3.98. The molecule has 1 fully saturated rings. The van der Waals surface area contributed by atoms with Gasteiger partial charge < -0.3 is 19.7 Å². The molecule has 7 nitrogen and oxygen atoms in total. The van der Waals surface area contributed by atoms with Crippen LogP contribution in [0.25, 0.3) is 0 Å². The molecule has 1 N–H and O–H groups in total. The maximum Gasteiger partial charge on any atom is 0.322 e. The van der Waals surface area contributed by atoms with Crippen molar-refractivity contribution in [1.82, 2.24) is 9.88 Å². The van der Waals surface area contributed by atoms with Gasteiger partial charge in [-0.1, -0.05) is 0 Å². The summed E-state index contributed by atoms with van der Waals surface area (Å²) in [5, 5.41) is 11.9. The fourth-order valence-corrected chi connectivity index (χ4v) is 2.41. The number of rotatable bonds is 5. The van der Waals surface area contributed by atoms with E-state index in [1.54, 1.807) is 35.4 Å². The van der Waals surface area contributed by atoms with Gasteiger partial charge in [-0.05, 0) is 43.3 Å². The monoisotopic (exact) mass is 338 g/mol. The first kappa shape index (κ1) is 16.6. The molecule has 0 atom stereocenters. The number of nitrogens with zero attached hydrogens (tertiary/aromatic N) is 3. The topological polar surface area (TPSA) is 87.5 Å². The van der Waals surface area contributed by atoms with Crippen LogP contribution in [-0.2, 0) is 0 Å². The van der Waals surface area contributed by atoms with Crippen molar-refractivity contribution in [2.24, 2.45) is 0 Å². The van der Waals surface area contributed by atoms with Crippen LogP contribution in [0.1, 0.15) is 12.5 Å². The number of nitrogens with one attached hydrogen (secondary N) is 1. The van der Waals surface area contributed by atoms with E-state index in [0.29, 0.717) is 36.8 Å². The van der Waals surface area contributed by atoms with Crippen LogP contribution in [0, 0.1) is 11.3 Å². The first-order chi connectivity index (χ1) is 12.2. The van der Waals surface area contributed by atoms with Crippen molar-refractivity contribution in [2.75, 3.05) is 25.0 Å². The number of aromatic nitrogens is 1. The number of urea groups is 1. The number of hydrogen-bond donors (Lipinski definition) is 1. The largest absolute Gasteiger partial charge is 0.494 e. The van der Waals surface area contributed by atoms with Gasteiger partial charge in [-0.3, -0.25) is 0 Å². The van der Waals surface area contributed by atoms with Gasteiger partial charge in [0.15, 0.2) is 0 Å². The molecule has 0 saturated carbocycles. The van der Waals surface area contributed by atoms with Crippen molar-refractivity contribution < 1.29 is 14.3 Å². The van der Waals surface area contributed by atoms with Gasteiger partial charge in [0.25, 0.3) is 0 Å². The lowest BCUT2D eigenvalue weighted by Gasteiger charge is -2.38. The van der Waals surface area contributed by atoms with Gasteiger partial charge in [-0.15, -0.1) is 0 Å². The summed E-state index contributed by atoms with van der Waals surface area (Å²) in [6, 6.07) is 12.4. The van der Waals surface area contributed by atoms with E-state index in [2.05, 4.69) is 10.3 Å². The summed E-state index contributed by atoms with van der Waals surface area (Å²) in [5.74, 6) is 1.07. The fourth-order valence-electron chi connectivity index (χ4n) is 2.41. The Labute approximate surface area is 145 Å². The van der Waals surface area contributed by atoms with E-state index in [-0.39, 0.29) is 12.1 Å². The van der Waals surface area contributed by atoms with E-state index in [9.17, 15) is 4.79 Å². The number of likely N-dealkylation sites (tertiary alicyclic amines) is 1. The molecule has 2 heterocycles. The summed E-state index contributed by atoms with van der Waals surface area (Å²) in [4.78, 5) is 17.9. The Bertz CT molecular complexity index is 780. The summed E-state index contributed by atoms with van der Waals surface area (Å²) in [5.41, 5.74) is 1.09. The normalized spacial score (nSPS) is 13.5. The van der Waals surface area contributed by atoms with Gasteiger partial charge in [0.05, 0.1) is 19.7 Å². The summed E-state index contributed by atoms with van der Waals surface area (Å²) in [6.07, 6.45) is 1.42. The summed E-state index contributed by atoms with van der Waals surface area (Å²) < 4.78 is 11.0. The quantitative estimate of drug-likeness (QED) is 0.905. The van der Waals surface area contributed by atoms with Crippen LogP contribution in [0.3, 0.4) is 0 Å². The second-order valence-electron chi connectivity index (χ2n) is 5.50. The number of hydrogen-bond acceptors (Lipinski definition) is 5. The van der Waals surface area contributed by atoms with Crippen LogP contribution in [0.15, 0.2) is 42.6 Å². The third-order valence-corrected chi connectivity index (χ3v) is 3.72. The Balaban J connectivity index is 1.49. The minimum atomic E-state index is -0.189. The molecule has 7 heteroatoms. The Morgan fingerprint density at radius 2 is 2.12 bits per heavy atom. The van der Waals surface area contributed by atoms with Crippen LogP contribution < -0.4 is 14.8 Å². The van der Waals surface area contributed by atoms with Gasteiger partial charge in [0.2, 0.25) is 5.88 Å². The zero-order chi connectivity index (χ0) is 17.6. The molecule has 1 aromatic heterocycles. The third-order valence-electron chi connectivity index (χ3n) is 3.72. The number of pyridine rings is 1. The maximum atomic E-state index is 12.2. The number of carbonyl (C=O) groups excluding carboxylic acids is 1. The molecule has 25 heavy (non-hydrogen) atoms. The average molecular weight is 338 g/mol. The minimum absolute atomic E-state index is 0.159. The molecule has 0 spiro atoms. The number of benzene rings is 1. The number of amides is 2. The first-order valence-corrected chi connectivity index (χ1v) is 8.00. The number of ether oxygens (including phenoxy) is 2. The van der Waals surface area contributed by atoms with Gasteiger partial charge in [-0.25, -0.2) is 9.78 Å². The lowest BCUT2D eigenvalue weighted by Crippen LogP contribution is -2.57. The molecule has 1 saturated heterocycles. The molecule has 1 aliphatic rings. The predicted molar refractivity (Wildman–Crippen MR) is 91.6 cm³/mol. The molecular formula is C18H18N4O3. The maximum absolute atomic E-state index is 12.2. The highest BCUT2D eigenvalue weighted by molar-refractivity contribution is 5.90. The van der Waals surface area contributed by atoms with Crippen molar-refractivity contribution in [1.29, 1.82) is 5.26 Å².